The van der Waals surface area contributed by atoms with Crippen LogP contribution in [0.25, 0.3) is 11.4 Å². The summed E-state index contributed by atoms with van der Waals surface area (Å²) in [6.07, 6.45) is 4.55. The van der Waals surface area contributed by atoms with Crippen molar-refractivity contribution in [3.63, 3.8) is 0 Å². The molecule has 1 N–H and O–H groups in total. The number of aliphatic hydroxyl groups is 1. The second-order valence-corrected chi connectivity index (χ2v) is 3.65. The van der Waals surface area contributed by atoms with Crippen LogP contribution in [0.5, 0.6) is 0 Å². The van der Waals surface area contributed by atoms with E-state index < -0.39 is 6.10 Å². The zero-order valence-electron chi connectivity index (χ0n) is 9.25. The molecule has 16 heavy (non-hydrogen) atoms. The fraction of sp³-hybridized carbons (Fsp3) is 0.250. The van der Waals surface area contributed by atoms with Crippen molar-refractivity contribution in [1.82, 2.24) is 15.0 Å². The summed E-state index contributed by atoms with van der Waals surface area (Å²) < 4.78 is 0. The topological polar surface area (TPSA) is 58.9 Å². The highest BCUT2D eigenvalue weighted by molar-refractivity contribution is 5.53. The van der Waals surface area contributed by atoms with Crippen LogP contribution >= 0.6 is 0 Å². The lowest BCUT2D eigenvalue weighted by molar-refractivity contribution is 0.197. The predicted octanol–water partition coefficient (Wildman–Crippen LogP) is 1.90. The number of rotatable bonds is 2. The molecule has 0 aliphatic carbocycles. The molecule has 0 amide bonds. The van der Waals surface area contributed by atoms with E-state index in [1.54, 1.807) is 25.5 Å². The van der Waals surface area contributed by atoms with Crippen LogP contribution in [-0.4, -0.2) is 20.1 Å². The molecule has 0 bridgehead atoms. The third-order valence-electron chi connectivity index (χ3n) is 2.39. The molecule has 0 radical (unpaired) electrons. The fourth-order valence-electron chi connectivity index (χ4n) is 1.52. The van der Waals surface area contributed by atoms with E-state index in [1.165, 1.54) is 0 Å². The first-order chi connectivity index (χ1) is 7.68. The van der Waals surface area contributed by atoms with Gasteiger partial charge in [-0.05, 0) is 26.0 Å². The van der Waals surface area contributed by atoms with Gasteiger partial charge in [-0.1, -0.05) is 0 Å². The minimum atomic E-state index is -0.539. The molecular formula is C12H13N3O. The van der Waals surface area contributed by atoms with Gasteiger partial charge in [-0.3, -0.25) is 4.98 Å². The molecule has 4 nitrogen and oxygen atoms in total. The van der Waals surface area contributed by atoms with E-state index in [1.807, 2.05) is 19.1 Å². The van der Waals surface area contributed by atoms with Gasteiger partial charge in [-0.15, -0.1) is 0 Å². The standard InChI is InChI=1S/C12H13N3O/c1-8-11(9(2)16)7-14-12(15-8)10-4-3-5-13-6-10/h3-7,9,16H,1-2H3/t9-/m1/s1. The molecule has 0 saturated heterocycles. The van der Waals surface area contributed by atoms with Crippen molar-refractivity contribution in [1.29, 1.82) is 0 Å². The Morgan fingerprint density at radius 3 is 2.69 bits per heavy atom. The van der Waals surface area contributed by atoms with Crippen LogP contribution in [0, 0.1) is 6.92 Å². The maximum absolute atomic E-state index is 9.47. The van der Waals surface area contributed by atoms with Crippen LogP contribution in [0.4, 0.5) is 0 Å². The largest absolute Gasteiger partial charge is 0.389 e. The lowest BCUT2D eigenvalue weighted by Gasteiger charge is -2.08. The number of hydrogen-bond acceptors (Lipinski definition) is 4. The summed E-state index contributed by atoms with van der Waals surface area (Å²) in [6.45, 7) is 3.57. The molecule has 0 spiro atoms. The monoisotopic (exact) mass is 215 g/mol. The smallest absolute Gasteiger partial charge is 0.160 e. The van der Waals surface area contributed by atoms with E-state index in [0.29, 0.717) is 5.82 Å². The lowest BCUT2D eigenvalue weighted by atomic mass is 10.1. The van der Waals surface area contributed by atoms with Crippen LogP contribution in [0.3, 0.4) is 0 Å². The molecule has 2 aromatic rings. The van der Waals surface area contributed by atoms with Crippen molar-refractivity contribution in [3.8, 4) is 11.4 Å². The maximum Gasteiger partial charge on any atom is 0.160 e. The highest BCUT2D eigenvalue weighted by Gasteiger charge is 2.08. The van der Waals surface area contributed by atoms with Crippen molar-refractivity contribution in [2.45, 2.75) is 20.0 Å². The van der Waals surface area contributed by atoms with Crippen LogP contribution in [0.2, 0.25) is 0 Å². The van der Waals surface area contributed by atoms with Crippen molar-refractivity contribution < 1.29 is 5.11 Å². The Hall–Kier alpha value is -1.81. The minimum absolute atomic E-state index is 0.539. The Kier molecular flexibility index (Phi) is 2.92. The molecule has 2 aromatic heterocycles. The van der Waals surface area contributed by atoms with Gasteiger partial charge in [0.05, 0.1) is 6.10 Å². The van der Waals surface area contributed by atoms with Gasteiger partial charge in [-0.25, -0.2) is 9.97 Å². The summed E-state index contributed by atoms with van der Waals surface area (Å²) in [7, 11) is 0. The normalized spacial score (nSPS) is 12.4. The van der Waals surface area contributed by atoms with E-state index in [9.17, 15) is 5.11 Å². The van der Waals surface area contributed by atoms with E-state index in [4.69, 9.17) is 0 Å². The lowest BCUT2D eigenvalue weighted by Crippen LogP contribution is -2.01. The number of aromatic nitrogens is 3. The average Bonchev–Trinajstić information content (AvgIpc) is 2.29. The maximum atomic E-state index is 9.47. The van der Waals surface area contributed by atoms with E-state index in [-0.39, 0.29) is 0 Å². The van der Waals surface area contributed by atoms with Gasteiger partial charge in [0.1, 0.15) is 0 Å². The second kappa shape index (κ2) is 4.37. The number of aryl methyl sites for hydroxylation is 1. The van der Waals surface area contributed by atoms with Crippen molar-refractivity contribution in [3.05, 3.63) is 42.0 Å². The molecule has 0 fully saturated rings. The Balaban J connectivity index is 2.43. The summed E-state index contributed by atoms with van der Waals surface area (Å²) in [5, 5.41) is 9.47. The van der Waals surface area contributed by atoms with Gasteiger partial charge >= 0.3 is 0 Å². The van der Waals surface area contributed by atoms with E-state index in [0.717, 1.165) is 16.8 Å². The molecule has 0 aliphatic heterocycles. The van der Waals surface area contributed by atoms with Gasteiger partial charge in [0.2, 0.25) is 0 Å². The van der Waals surface area contributed by atoms with Crippen molar-refractivity contribution in [2.75, 3.05) is 0 Å². The van der Waals surface area contributed by atoms with Gasteiger partial charge in [0.15, 0.2) is 5.82 Å². The Labute approximate surface area is 94.0 Å². The number of pyridine rings is 1. The minimum Gasteiger partial charge on any atom is -0.389 e. The molecule has 2 rings (SSSR count). The number of aliphatic hydroxyl groups excluding tert-OH is 1. The molecular weight excluding hydrogens is 202 g/mol. The molecule has 82 valence electrons. The third-order valence-corrected chi connectivity index (χ3v) is 2.39. The van der Waals surface area contributed by atoms with Crippen molar-refractivity contribution >= 4 is 0 Å². The molecule has 0 aliphatic rings. The first kappa shape index (κ1) is 10.7. The van der Waals surface area contributed by atoms with Gasteiger partial charge in [0, 0.05) is 35.4 Å². The predicted molar refractivity (Wildman–Crippen MR) is 60.6 cm³/mol. The molecule has 2 heterocycles. The molecule has 0 saturated carbocycles. The first-order valence-corrected chi connectivity index (χ1v) is 5.10. The molecule has 0 aromatic carbocycles. The van der Waals surface area contributed by atoms with E-state index in [2.05, 4.69) is 15.0 Å². The Bertz CT molecular complexity index is 483. The zero-order chi connectivity index (χ0) is 11.5. The second-order valence-electron chi connectivity index (χ2n) is 3.65. The zero-order valence-corrected chi connectivity index (χ0v) is 9.25. The van der Waals surface area contributed by atoms with E-state index >= 15 is 0 Å². The number of hydrogen-bond donors (Lipinski definition) is 1. The molecule has 0 unspecified atom stereocenters. The van der Waals surface area contributed by atoms with Crippen LogP contribution in [0.15, 0.2) is 30.7 Å². The van der Waals surface area contributed by atoms with Gasteiger partial charge < -0.3 is 5.11 Å². The van der Waals surface area contributed by atoms with Crippen LogP contribution in [-0.2, 0) is 0 Å². The first-order valence-electron chi connectivity index (χ1n) is 5.10. The van der Waals surface area contributed by atoms with Crippen LogP contribution in [0.1, 0.15) is 24.3 Å². The number of nitrogens with zero attached hydrogens (tertiary/aromatic N) is 3. The van der Waals surface area contributed by atoms with Crippen LogP contribution < -0.4 is 0 Å². The summed E-state index contributed by atoms with van der Waals surface area (Å²) in [5.74, 6) is 0.634. The van der Waals surface area contributed by atoms with Gasteiger partial charge in [0.25, 0.3) is 0 Å². The summed E-state index contributed by atoms with van der Waals surface area (Å²) >= 11 is 0. The Morgan fingerprint density at radius 1 is 1.31 bits per heavy atom. The van der Waals surface area contributed by atoms with Gasteiger partial charge in [-0.2, -0.15) is 0 Å². The summed E-state index contributed by atoms with van der Waals surface area (Å²) in [6, 6.07) is 3.75. The molecule has 1 atom stereocenters. The summed E-state index contributed by atoms with van der Waals surface area (Å²) in [5.41, 5.74) is 2.43. The summed E-state index contributed by atoms with van der Waals surface area (Å²) in [4.78, 5) is 12.6. The fourth-order valence-corrected chi connectivity index (χ4v) is 1.52. The van der Waals surface area contributed by atoms with Crippen molar-refractivity contribution in [2.24, 2.45) is 0 Å². The SMILES string of the molecule is Cc1nc(-c2cccnc2)ncc1[C@@H](C)O. The third kappa shape index (κ3) is 2.06. The quantitative estimate of drug-likeness (QED) is 0.831. The highest BCUT2D eigenvalue weighted by atomic mass is 16.3. The highest BCUT2D eigenvalue weighted by Crippen LogP contribution is 2.18. The average molecular weight is 215 g/mol. The molecule has 4 heteroatoms. The Morgan fingerprint density at radius 2 is 2.12 bits per heavy atom.